The Labute approximate surface area is 223 Å². The lowest BCUT2D eigenvalue weighted by Gasteiger charge is -2.31. The minimum Gasteiger partial charge on any atom is -0.354 e. The van der Waals surface area contributed by atoms with Gasteiger partial charge in [0, 0.05) is 11.6 Å². The van der Waals surface area contributed by atoms with E-state index in [-0.39, 0.29) is 12.2 Å². The van der Waals surface area contributed by atoms with Crippen molar-refractivity contribution in [1.29, 1.82) is 0 Å². The summed E-state index contributed by atoms with van der Waals surface area (Å²) in [6.07, 6.45) is 0.751. The van der Waals surface area contributed by atoms with Crippen LogP contribution in [0.2, 0.25) is 5.02 Å². The molecule has 0 saturated carbocycles. The van der Waals surface area contributed by atoms with Crippen molar-refractivity contribution >= 4 is 40.4 Å². The molecule has 0 radical (unpaired) electrons. The average Bonchev–Trinajstić information content (AvgIpc) is 3.56. The molecular formula is C26H26ClFN6O2S. The monoisotopic (exact) mass is 540 g/mol. The number of hydrogen-bond donors (Lipinski definition) is 1. The summed E-state index contributed by atoms with van der Waals surface area (Å²) in [5, 5.41) is 17.6. The highest BCUT2D eigenvalue weighted by Gasteiger charge is 2.34. The lowest BCUT2D eigenvalue weighted by Crippen LogP contribution is -2.46. The number of nitrogens with zero attached hydrogens (tertiary/aromatic N) is 5. The van der Waals surface area contributed by atoms with Crippen molar-refractivity contribution in [2.45, 2.75) is 32.9 Å². The van der Waals surface area contributed by atoms with Gasteiger partial charge >= 0.3 is 0 Å². The van der Waals surface area contributed by atoms with E-state index in [0.29, 0.717) is 28.9 Å². The summed E-state index contributed by atoms with van der Waals surface area (Å²) in [6, 6.07) is 14.9. The van der Waals surface area contributed by atoms with E-state index in [0.717, 1.165) is 21.0 Å². The smallest absolute Gasteiger partial charge is 0.251 e. The highest BCUT2D eigenvalue weighted by molar-refractivity contribution is 7.13. The number of carbonyl (C=O) groups excluding carboxylic acids is 2. The van der Waals surface area contributed by atoms with Crippen LogP contribution in [0.3, 0.4) is 0 Å². The fraction of sp³-hybridized carbons (Fsp3) is 0.269. The molecule has 4 aromatic rings. The maximum atomic E-state index is 15.1. The van der Waals surface area contributed by atoms with Crippen molar-refractivity contribution in [3.05, 3.63) is 82.4 Å². The molecule has 37 heavy (non-hydrogen) atoms. The molecule has 2 aromatic carbocycles. The second-order valence-corrected chi connectivity index (χ2v) is 10.1. The van der Waals surface area contributed by atoms with Gasteiger partial charge in [-0.2, -0.15) is 4.80 Å². The molecule has 0 bridgehead atoms. The first-order valence-corrected chi connectivity index (χ1v) is 13.0. The predicted octanol–water partition coefficient (Wildman–Crippen LogP) is 5.13. The minimum absolute atomic E-state index is 0.0370. The number of aromatic nitrogens is 4. The van der Waals surface area contributed by atoms with Crippen LogP contribution in [0.25, 0.3) is 10.7 Å². The van der Waals surface area contributed by atoms with E-state index in [9.17, 15) is 9.59 Å². The topological polar surface area (TPSA) is 93.0 Å². The van der Waals surface area contributed by atoms with Crippen LogP contribution in [0.4, 0.5) is 10.1 Å². The lowest BCUT2D eigenvalue weighted by molar-refractivity contribution is -0.127. The fourth-order valence-corrected chi connectivity index (χ4v) is 4.49. The number of rotatable bonds is 10. The Morgan fingerprint density at radius 2 is 1.86 bits per heavy atom. The van der Waals surface area contributed by atoms with Gasteiger partial charge in [0.2, 0.25) is 11.7 Å². The zero-order valence-corrected chi connectivity index (χ0v) is 21.9. The van der Waals surface area contributed by atoms with E-state index in [4.69, 9.17) is 11.6 Å². The third kappa shape index (κ3) is 6.58. The molecule has 1 atom stereocenters. The number of para-hydroxylation sites is 1. The number of hydrogen-bond acceptors (Lipinski definition) is 6. The summed E-state index contributed by atoms with van der Waals surface area (Å²) in [4.78, 5) is 30.4. The first-order valence-electron chi connectivity index (χ1n) is 11.7. The molecule has 11 heteroatoms. The van der Waals surface area contributed by atoms with Gasteiger partial charge in [-0.3, -0.25) is 14.5 Å². The van der Waals surface area contributed by atoms with Crippen LogP contribution in [0.5, 0.6) is 0 Å². The molecule has 2 heterocycles. The minimum atomic E-state index is -1.16. The number of amides is 2. The molecule has 0 aliphatic heterocycles. The Morgan fingerprint density at radius 1 is 1.11 bits per heavy atom. The van der Waals surface area contributed by atoms with Crippen LogP contribution >= 0.6 is 22.9 Å². The van der Waals surface area contributed by atoms with E-state index < -0.39 is 23.7 Å². The van der Waals surface area contributed by atoms with Gasteiger partial charge in [-0.25, -0.2) is 4.39 Å². The molecule has 0 aliphatic carbocycles. The van der Waals surface area contributed by atoms with Gasteiger partial charge in [-0.1, -0.05) is 55.8 Å². The van der Waals surface area contributed by atoms with Gasteiger partial charge < -0.3 is 5.32 Å². The fourth-order valence-electron chi connectivity index (χ4n) is 3.72. The van der Waals surface area contributed by atoms with Crippen LogP contribution in [-0.4, -0.2) is 38.6 Å². The molecule has 1 unspecified atom stereocenters. The maximum Gasteiger partial charge on any atom is 0.251 e. The number of halogens is 2. The van der Waals surface area contributed by atoms with Gasteiger partial charge in [-0.15, -0.1) is 21.5 Å². The Balaban J connectivity index is 1.71. The third-order valence-electron chi connectivity index (χ3n) is 5.56. The van der Waals surface area contributed by atoms with E-state index in [1.165, 1.54) is 29.5 Å². The third-order valence-corrected chi connectivity index (χ3v) is 6.68. The summed E-state index contributed by atoms with van der Waals surface area (Å²) in [5.74, 6) is -0.921. The molecule has 1 N–H and O–H groups in total. The molecule has 2 aromatic heterocycles. The van der Waals surface area contributed by atoms with Crippen molar-refractivity contribution in [1.82, 2.24) is 25.5 Å². The molecule has 2 amide bonds. The van der Waals surface area contributed by atoms with E-state index in [2.05, 4.69) is 20.7 Å². The van der Waals surface area contributed by atoms with Crippen molar-refractivity contribution in [2.75, 3.05) is 11.4 Å². The molecule has 4 rings (SSSR count). The molecular weight excluding hydrogens is 515 g/mol. The molecule has 0 aliphatic rings. The number of nitrogens with one attached hydrogen (secondary N) is 1. The summed E-state index contributed by atoms with van der Waals surface area (Å²) in [5.41, 5.74) is 0.443. The highest BCUT2D eigenvalue weighted by Crippen LogP contribution is 2.31. The molecule has 0 spiro atoms. The van der Waals surface area contributed by atoms with Crippen LogP contribution in [0.15, 0.2) is 66.0 Å². The van der Waals surface area contributed by atoms with E-state index >= 15 is 4.39 Å². The maximum absolute atomic E-state index is 15.1. The quantitative estimate of drug-likeness (QED) is 0.301. The number of tetrazole rings is 1. The first-order chi connectivity index (χ1) is 17.8. The zero-order valence-electron chi connectivity index (χ0n) is 20.3. The van der Waals surface area contributed by atoms with Crippen molar-refractivity contribution < 1.29 is 14.0 Å². The largest absolute Gasteiger partial charge is 0.354 e. The Bertz CT molecular complexity index is 1340. The first kappa shape index (κ1) is 26.4. The lowest BCUT2D eigenvalue weighted by atomic mass is 10.0. The van der Waals surface area contributed by atoms with Gasteiger partial charge in [0.25, 0.3) is 5.91 Å². The number of carbonyl (C=O) groups is 2. The van der Waals surface area contributed by atoms with Gasteiger partial charge in [0.05, 0.1) is 10.6 Å². The summed E-state index contributed by atoms with van der Waals surface area (Å²) in [6.45, 7) is 4.16. The number of anilines is 1. The molecule has 8 nitrogen and oxygen atoms in total. The predicted molar refractivity (Wildman–Crippen MR) is 142 cm³/mol. The Hall–Kier alpha value is -3.63. The second kappa shape index (κ2) is 12.1. The Kier molecular flexibility index (Phi) is 8.62. The molecule has 192 valence electrons. The van der Waals surface area contributed by atoms with Crippen molar-refractivity contribution in [3.8, 4) is 10.7 Å². The van der Waals surface area contributed by atoms with E-state index in [1.807, 2.05) is 31.4 Å². The van der Waals surface area contributed by atoms with Crippen LogP contribution < -0.4 is 10.2 Å². The SMILES string of the molecule is CC(C)CCNC(=O)C(c1ccc(Cl)cc1)N(C(=O)Cn1nnc(-c2cccs2)n1)c1ccccc1F. The molecule has 0 saturated heterocycles. The van der Waals surface area contributed by atoms with Gasteiger partial charge in [0.15, 0.2) is 0 Å². The highest BCUT2D eigenvalue weighted by atomic mass is 35.5. The Morgan fingerprint density at radius 3 is 2.54 bits per heavy atom. The van der Waals surface area contributed by atoms with E-state index in [1.54, 1.807) is 30.3 Å². The van der Waals surface area contributed by atoms with Crippen LogP contribution in [0.1, 0.15) is 31.9 Å². The number of thiophene rings is 1. The second-order valence-electron chi connectivity index (χ2n) is 8.76. The van der Waals surface area contributed by atoms with Gasteiger partial charge in [-0.05, 0) is 58.8 Å². The standard InChI is InChI=1S/C26H26ClFN6O2S/c1-17(2)13-14-29-26(36)24(18-9-11-19(27)12-10-18)34(21-7-4-3-6-20(21)28)23(35)16-33-31-25(30-32-33)22-8-5-15-37-22/h3-12,15,17,24H,13-14,16H2,1-2H3,(H,29,36). The van der Waals surface area contributed by atoms with Crippen LogP contribution in [0, 0.1) is 11.7 Å². The zero-order chi connectivity index (χ0) is 26.4. The summed E-state index contributed by atoms with van der Waals surface area (Å²) in [7, 11) is 0. The molecule has 0 fully saturated rings. The summed E-state index contributed by atoms with van der Waals surface area (Å²) >= 11 is 7.53. The summed E-state index contributed by atoms with van der Waals surface area (Å²) < 4.78 is 15.1. The normalized spacial score (nSPS) is 11.9. The van der Waals surface area contributed by atoms with Crippen molar-refractivity contribution in [2.24, 2.45) is 5.92 Å². The number of benzene rings is 2. The van der Waals surface area contributed by atoms with Gasteiger partial charge in [0.1, 0.15) is 18.4 Å². The van der Waals surface area contributed by atoms with Crippen LogP contribution in [-0.2, 0) is 16.1 Å². The van der Waals surface area contributed by atoms with Crippen molar-refractivity contribution in [3.63, 3.8) is 0 Å². The average molecular weight is 541 g/mol.